The zero-order valence-electron chi connectivity index (χ0n) is 12.2. The first-order chi connectivity index (χ1) is 8.84. The fourth-order valence-corrected chi connectivity index (χ4v) is 0. The van der Waals surface area contributed by atoms with Crippen LogP contribution < -0.4 is 5.73 Å². The Morgan fingerprint density at radius 2 is 0.810 bits per heavy atom. The number of rotatable bonds is 1. The van der Waals surface area contributed by atoms with E-state index in [9.17, 15) is 0 Å². The Morgan fingerprint density at radius 3 is 0.810 bits per heavy atom. The molecule has 0 aromatic rings. The number of carboxylic acid groups (broad SMARTS) is 4. The summed E-state index contributed by atoms with van der Waals surface area (Å²) >= 11 is 0. The van der Waals surface area contributed by atoms with Crippen LogP contribution in [0.15, 0.2) is 0 Å². The Kier molecular flexibility index (Phi) is 63.0. The second kappa shape index (κ2) is 36.2. The molecule has 21 heavy (non-hydrogen) atoms. The van der Waals surface area contributed by atoms with Gasteiger partial charge in [0.25, 0.3) is 23.9 Å². The Hall–Kier alpha value is -1.68. The van der Waals surface area contributed by atoms with Gasteiger partial charge >= 0.3 is 17.1 Å². The molecule has 0 aromatic carbocycles. The van der Waals surface area contributed by atoms with E-state index in [0.29, 0.717) is 13.1 Å². The third-order valence-corrected chi connectivity index (χ3v) is 0.144. The van der Waals surface area contributed by atoms with Crippen molar-refractivity contribution in [3.05, 3.63) is 5.73 Å². The first kappa shape index (κ1) is 36.5. The predicted octanol–water partition coefficient (Wildman–Crippen LogP) is 0.358. The predicted molar refractivity (Wildman–Crippen MR) is 71.5 cm³/mol. The number of nitrogens with one attached hydrogen (secondary N) is 1. The van der Waals surface area contributed by atoms with Gasteiger partial charge in [-0.1, -0.05) is 0 Å². The Labute approximate surface area is 133 Å². The fraction of sp³-hybridized carbons (Fsp3) is 0.600. The van der Waals surface area contributed by atoms with Gasteiger partial charge in [-0.25, -0.2) is 0 Å². The van der Waals surface area contributed by atoms with Crippen LogP contribution in [-0.4, -0.2) is 57.4 Å². The van der Waals surface area contributed by atoms with Gasteiger partial charge in [0.15, 0.2) is 0 Å². The monoisotopic (exact) mass is 362 g/mol. The standard InChI is InChI=1S/C2H7N2.4C2H4O2.Cu/c3-1-2-4;4*1-2(3)4;/h3H,1-2,4H2;4*1H3,(H,3,4);/q-1;;;;;+1. The van der Waals surface area contributed by atoms with Crippen LogP contribution in [0.5, 0.6) is 0 Å². The third-order valence-electron chi connectivity index (χ3n) is 0.144. The SMILES string of the molecule is CC(=O)O.CC(=O)O.CC(=O)O.CC(=O)O.[Cu+].[NH-]CCN. The molecule has 0 radical (unpaired) electrons. The van der Waals surface area contributed by atoms with Gasteiger partial charge in [0, 0.05) is 27.7 Å². The fourth-order valence-electron chi connectivity index (χ4n) is 0. The average Bonchev–Trinajstić information content (AvgIpc) is 2.13. The summed E-state index contributed by atoms with van der Waals surface area (Å²) in [6, 6.07) is 0. The molecular formula is C10H23CuN2O8. The molecule has 0 amide bonds. The van der Waals surface area contributed by atoms with Gasteiger partial charge in [0.1, 0.15) is 0 Å². The van der Waals surface area contributed by atoms with Crippen molar-refractivity contribution in [3.63, 3.8) is 0 Å². The van der Waals surface area contributed by atoms with E-state index < -0.39 is 23.9 Å². The molecule has 0 aliphatic rings. The van der Waals surface area contributed by atoms with Crippen LogP contribution in [-0.2, 0) is 36.2 Å². The van der Waals surface area contributed by atoms with Crippen LogP contribution in [0, 0.1) is 0 Å². The van der Waals surface area contributed by atoms with E-state index in [0.717, 1.165) is 27.7 Å². The Balaban J connectivity index is -0.0000000331. The molecule has 0 saturated carbocycles. The molecule has 0 atom stereocenters. The molecule has 11 heteroatoms. The maximum absolute atomic E-state index is 9.00. The Morgan fingerprint density at radius 1 is 0.762 bits per heavy atom. The second-order valence-corrected chi connectivity index (χ2v) is 2.61. The summed E-state index contributed by atoms with van der Waals surface area (Å²) in [5.74, 6) is -3.33. The normalized spacial score (nSPS) is 6.19. The molecule has 0 bridgehead atoms. The van der Waals surface area contributed by atoms with E-state index in [1.807, 2.05) is 0 Å². The van der Waals surface area contributed by atoms with E-state index in [2.05, 4.69) is 0 Å². The zero-order chi connectivity index (χ0) is 17.7. The number of nitrogens with two attached hydrogens (primary N) is 1. The number of hydrogen-bond donors (Lipinski definition) is 5. The van der Waals surface area contributed by atoms with Crippen molar-refractivity contribution >= 4 is 23.9 Å². The van der Waals surface area contributed by atoms with E-state index in [1.165, 1.54) is 0 Å². The van der Waals surface area contributed by atoms with Crippen molar-refractivity contribution in [2.45, 2.75) is 27.7 Å². The van der Waals surface area contributed by atoms with E-state index in [1.54, 1.807) is 0 Å². The van der Waals surface area contributed by atoms with E-state index >= 15 is 0 Å². The van der Waals surface area contributed by atoms with E-state index in [-0.39, 0.29) is 17.1 Å². The molecular weight excluding hydrogens is 340 g/mol. The molecule has 0 rings (SSSR count). The molecule has 0 unspecified atom stereocenters. The first-order valence-electron chi connectivity index (χ1n) is 4.97. The van der Waals surface area contributed by atoms with Crippen LogP contribution in [0.1, 0.15) is 27.7 Å². The van der Waals surface area contributed by atoms with Gasteiger partial charge in [-0.15, -0.1) is 6.54 Å². The van der Waals surface area contributed by atoms with Gasteiger partial charge in [-0.05, 0) is 6.54 Å². The van der Waals surface area contributed by atoms with Crippen molar-refractivity contribution in [3.8, 4) is 0 Å². The zero-order valence-corrected chi connectivity index (χ0v) is 13.2. The number of carbonyl (C=O) groups is 4. The summed E-state index contributed by atoms with van der Waals surface area (Å²) in [5, 5.41) is 29.7. The van der Waals surface area contributed by atoms with Gasteiger partial charge in [-0.3, -0.25) is 19.2 Å². The van der Waals surface area contributed by atoms with Gasteiger partial charge in [0.2, 0.25) is 0 Å². The largest absolute Gasteiger partial charge is 1.00 e. The summed E-state index contributed by atoms with van der Waals surface area (Å²) in [7, 11) is 0. The van der Waals surface area contributed by atoms with Crippen LogP contribution in [0.25, 0.3) is 5.73 Å². The van der Waals surface area contributed by atoms with Crippen molar-refractivity contribution in [1.82, 2.24) is 0 Å². The molecule has 132 valence electrons. The number of hydrogen-bond acceptors (Lipinski definition) is 5. The third kappa shape index (κ3) is 10500. The smallest absolute Gasteiger partial charge is 0.676 e. The van der Waals surface area contributed by atoms with Crippen LogP contribution in [0.4, 0.5) is 0 Å². The minimum absolute atomic E-state index is 0. The molecule has 0 heterocycles. The molecule has 0 aromatic heterocycles. The Bertz CT molecular complexity index is 195. The molecule has 0 aliphatic carbocycles. The molecule has 0 aliphatic heterocycles. The minimum atomic E-state index is -0.833. The topological polar surface area (TPSA) is 199 Å². The summed E-state index contributed by atoms with van der Waals surface area (Å²) in [6.07, 6.45) is 0. The summed E-state index contributed by atoms with van der Waals surface area (Å²) < 4.78 is 0. The maximum atomic E-state index is 9.00. The van der Waals surface area contributed by atoms with Crippen LogP contribution in [0.3, 0.4) is 0 Å². The van der Waals surface area contributed by atoms with Crippen LogP contribution >= 0.6 is 0 Å². The van der Waals surface area contributed by atoms with Crippen LogP contribution in [0.2, 0.25) is 0 Å². The van der Waals surface area contributed by atoms with Gasteiger partial charge < -0.3 is 31.9 Å². The van der Waals surface area contributed by atoms with Gasteiger partial charge in [-0.2, -0.15) is 0 Å². The molecule has 0 saturated heterocycles. The molecule has 7 N–H and O–H groups in total. The minimum Gasteiger partial charge on any atom is -0.676 e. The first-order valence-corrected chi connectivity index (χ1v) is 4.97. The number of aliphatic carboxylic acids is 4. The van der Waals surface area contributed by atoms with Crippen molar-refractivity contribution in [1.29, 1.82) is 0 Å². The van der Waals surface area contributed by atoms with Crippen molar-refractivity contribution < 1.29 is 56.7 Å². The summed E-state index contributed by atoms with van der Waals surface area (Å²) in [6.45, 7) is 5.17. The summed E-state index contributed by atoms with van der Waals surface area (Å²) in [5.41, 5.74) is 11.2. The average molecular weight is 363 g/mol. The van der Waals surface area contributed by atoms with Crippen molar-refractivity contribution in [2.24, 2.45) is 5.73 Å². The maximum Gasteiger partial charge on any atom is 1.00 e. The van der Waals surface area contributed by atoms with Gasteiger partial charge in [0.05, 0.1) is 0 Å². The molecule has 10 nitrogen and oxygen atoms in total. The molecule has 0 spiro atoms. The van der Waals surface area contributed by atoms with E-state index in [4.69, 9.17) is 51.1 Å². The summed E-state index contributed by atoms with van der Waals surface area (Å²) in [4.78, 5) is 36.0. The number of carboxylic acids is 4. The second-order valence-electron chi connectivity index (χ2n) is 2.61. The molecule has 0 fully saturated rings. The quantitative estimate of drug-likeness (QED) is 0.408. The van der Waals surface area contributed by atoms with Crippen molar-refractivity contribution in [2.75, 3.05) is 13.1 Å².